The lowest BCUT2D eigenvalue weighted by atomic mass is 9.96. The van der Waals surface area contributed by atoms with E-state index in [9.17, 15) is 18.0 Å². The summed E-state index contributed by atoms with van der Waals surface area (Å²) < 4.78 is 48.8. The Morgan fingerprint density at radius 1 is 1.05 bits per heavy atom. The van der Waals surface area contributed by atoms with Gasteiger partial charge in [0.2, 0.25) is 5.95 Å². The Bertz CT molecular complexity index is 1090. The molecule has 0 aliphatic carbocycles. The standard InChI is InChI=1S/C27H33ClF3N5O3/c28-20-4-2-19(3-5-20)14-22-18-38-24(16-34-11-8-23(15-34)39-25(37)27(29,30)31)17-36(22)21-6-12-35(13-7-21)26-32-9-1-10-33-26/h1-5,9-10,21-24H,6-8,11-18H2/t22-,23+,24-/m0/s1. The van der Waals surface area contributed by atoms with Crippen molar-refractivity contribution in [2.45, 2.75) is 56.2 Å². The van der Waals surface area contributed by atoms with Crippen LogP contribution in [0.4, 0.5) is 19.1 Å². The molecule has 39 heavy (non-hydrogen) atoms. The number of alkyl halides is 3. The molecule has 0 amide bonds. The molecular weight excluding hydrogens is 535 g/mol. The highest BCUT2D eigenvalue weighted by atomic mass is 35.5. The Morgan fingerprint density at radius 3 is 2.46 bits per heavy atom. The average molecular weight is 568 g/mol. The molecule has 0 saturated carbocycles. The van der Waals surface area contributed by atoms with Gasteiger partial charge in [0.25, 0.3) is 0 Å². The van der Waals surface area contributed by atoms with Crippen molar-refractivity contribution in [2.24, 2.45) is 0 Å². The molecular formula is C27H33ClF3N5O3. The summed E-state index contributed by atoms with van der Waals surface area (Å²) in [6, 6.07) is 10.3. The maximum absolute atomic E-state index is 12.6. The first kappa shape index (κ1) is 28.1. The summed E-state index contributed by atoms with van der Waals surface area (Å²) in [5.74, 6) is -1.37. The van der Waals surface area contributed by atoms with Gasteiger partial charge in [0.05, 0.1) is 12.7 Å². The molecule has 1 aromatic carbocycles. The first-order valence-electron chi connectivity index (χ1n) is 13.4. The van der Waals surface area contributed by atoms with E-state index in [1.165, 1.54) is 5.56 Å². The Labute approximate surface area is 231 Å². The van der Waals surface area contributed by atoms with Crippen molar-refractivity contribution in [3.8, 4) is 0 Å². The lowest BCUT2D eigenvalue weighted by Crippen LogP contribution is -2.58. The first-order chi connectivity index (χ1) is 18.7. The number of morpholine rings is 1. The molecule has 3 atom stereocenters. The van der Waals surface area contributed by atoms with Gasteiger partial charge in [-0.15, -0.1) is 0 Å². The minimum absolute atomic E-state index is 0.0842. The molecule has 0 N–H and O–H groups in total. The van der Waals surface area contributed by atoms with Crippen molar-refractivity contribution in [3.05, 3.63) is 53.3 Å². The second kappa shape index (κ2) is 12.4. The van der Waals surface area contributed by atoms with E-state index in [-0.39, 0.29) is 18.7 Å². The summed E-state index contributed by atoms with van der Waals surface area (Å²) in [5, 5.41) is 0.705. The highest BCUT2D eigenvalue weighted by Crippen LogP contribution is 2.28. The van der Waals surface area contributed by atoms with Crippen molar-refractivity contribution in [1.82, 2.24) is 19.8 Å². The van der Waals surface area contributed by atoms with Crippen LogP contribution in [0.5, 0.6) is 0 Å². The van der Waals surface area contributed by atoms with E-state index in [1.54, 1.807) is 12.4 Å². The molecule has 8 nitrogen and oxygen atoms in total. The Balaban J connectivity index is 1.21. The molecule has 3 aliphatic heterocycles. The van der Waals surface area contributed by atoms with Gasteiger partial charge in [-0.3, -0.25) is 9.80 Å². The van der Waals surface area contributed by atoms with Crippen LogP contribution in [0.1, 0.15) is 24.8 Å². The molecule has 2 aromatic rings. The number of halogens is 4. The van der Waals surface area contributed by atoms with Crippen molar-refractivity contribution < 1.29 is 27.4 Å². The van der Waals surface area contributed by atoms with Gasteiger partial charge in [-0.1, -0.05) is 23.7 Å². The van der Waals surface area contributed by atoms with E-state index in [0.717, 1.165) is 44.8 Å². The third-order valence-electron chi connectivity index (χ3n) is 7.76. The molecule has 0 bridgehead atoms. The number of carbonyl (C=O) groups excluding carboxylic acids is 1. The first-order valence-corrected chi connectivity index (χ1v) is 13.8. The van der Waals surface area contributed by atoms with Crippen LogP contribution in [0.3, 0.4) is 0 Å². The minimum atomic E-state index is -4.97. The van der Waals surface area contributed by atoms with Gasteiger partial charge in [0.15, 0.2) is 0 Å². The smallest absolute Gasteiger partial charge is 0.454 e. The fourth-order valence-corrected chi connectivity index (χ4v) is 5.95. The SMILES string of the molecule is O=C(O[C@@H]1CCN(C[C@H]2CN(C3CCN(c4ncccn4)CC3)[C@@H](Cc3ccc(Cl)cc3)CO2)C1)C(F)(F)F. The Morgan fingerprint density at radius 2 is 1.77 bits per heavy atom. The van der Waals surface area contributed by atoms with Crippen LogP contribution in [0.25, 0.3) is 0 Å². The molecule has 1 aromatic heterocycles. The maximum atomic E-state index is 12.6. The number of nitrogens with zero attached hydrogens (tertiary/aromatic N) is 5. The number of aromatic nitrogens is 2. The second-order valence-electron chi connectivity index (χ2n) is 10.5. The van der Waals surface area contributed by atoms with Gasteiger partial charge in [-0.2, -0.15) is 13.2 Å². The van der Waals surface area contributed by atoms with Gasteiger partial charge in [0, 0.05) is 68.8 Å². The number of carbonyl (C=O) groups is 1. The Kier molecular flexibility index (Phi) is 8.90. The average Bonchev–Trinajstić information content (AvgIpc) is 3.37. The molecule has 12 heteroatoms. The largest absolute Gasteiger partial charge is 0.490 e. The number of esters is 1. The van der Waals surface area contributed by atoms with Gasteiger partial charge < -0.3 is 14.4 Å². The second-order valence-corrected chi connectivity index (χ2v) is 10.9. The highest BCUT2D eigenvalue weighted by molar-refractivity contribution is 6.30. The van der Waals surface area contributed by atoms with Gasteiger partial charge in [-0.25, -0.2) is 14.8 Å². The number of likely N-dealkylation sites (tertiary alicyclic amines) is 1. The fraction of sp³-hybridized carbons (Fsp3) is 0.593. The van der Waals surface area contributed by atoms with Crippen LogP contribution >= 0.6 is 11.6 Å². The molecule has 3 aliphatic rings. The summed E-state index contributed by atoms with van der Waals surface area (Å²) in [6.45, 7) is 4.46. The van der Waals surface area contributed by atoms with Crippen LogP contribution < -0.4 is 4.90 Å². The molecule has 0 spiro atoms. The minimum Gasteiger partial charge on any atom is -0.454 e. The number of piperidine rings is 1. The zero-order valence-electron chi connectivity index (χ0n) is 21.6. The van der Waals surface area contributed by atoms with Crippen molar-refractivity contribution >= 4 is 23.5 Å². The van der Waals surface area contributed by atoms with Crippen molar-refractivity contribution in [3.63, 3.8) is 0 Å². The van der Waals surface area contributed by atoms with Gasteiger partial charge in [0.1, 0.15) is 6.10 Å². The molecule has 3 fully saturated rings. The number of benzene rings is 1. The molecule has 0 radical (unpaired) electrons. The van der Waals surface area contributed by atoms with Crippen LogP contribution in [0.2, 0.25) is 5.02 Å². The zero-order chi connectivity index (χ0) is 27.4. The molecule has 4 heterocycles. The van der Waals surface area contributed by atoms with Gasteiger partial charge in [-0.05, 0) is 49.4 Å². The van der Waals surface area contributed by atoms with Crippen molar-refractivity contribution in [1.29, 1.82) is 0 Å². The predicted molar refractivity (Wildman–Crippen MR) is 140 cm³/mol. The number of anilines is 1. The van der Waals surface area contributed by atoms with E-state index in [0.29, 0.717) is 37.2 Å². The molecule has 0 unspecified atom stereocenters. The van der Waals surface area contributed by atoms with E-state index >= 15 is 0 Å². The van der Waals surface area contributed by atoms with Crippen molar-refractivity contribution in [2.75, 3.05) is 50.8 Å². The quantitative estimate of drug-likeness (QED) is 0.470. The van der Waals surface area contributed by atoms with E-state index in [1.807, 2.05) is 23.1 Å². The topological polar surface area (TPSA) is 71.0 Å². The maximum Gasteiger partial charge on any atom is 0.490 e. The Hall–Kier alpha value is -2.47. The third kappa shape index (κ3) is 7.39. The monoisotopic (exact) mass is 567 g/mol. The fourth-order valence-electron chi connectivity index (χ4n) is 5.82. The highest BCUT2D eigenvalue weighted by Gasteiger charge is 2.43. The van der Waals surface area contributed by atoms with E-state index in [2.05, 4.69) is 36.6 Å². The van der Waals surface area contributed by atoms with E-state index < -0.39 is 18.2 Å². The number of hydrogen-bond donors (Lipinski definition) is 0. The van der Waals surface area contributed by atoms with Crippen LogP contribution in [0, 0.1) is 0 Å². The summed E-state index contributed by atoms with van der Waals surface area (Å²) in [4.78, 5) is 26.8. The van der Waals surface area contributed by atoms with Crippen LogP contribution in [-0.2, 0) is 20.7 Å². The van der Waals surface area contributed by atoms with Crippen LogP contribution in [-0.4, -0.2) is 102 Å². The summed E-state index contributed by atoms with van der Waals surface area (Å²) >= 11 is 6.09. The van der Waals surface area contributed by atoms with Crippen LogP contribution in [0.15, 0.2) is 42.7 Å². The summed E-state index contributed by atoms with van der Waals surface area (Å²) in [6.07, 6.45) is 0.888. The van der Waals surface area contributed by atoms with E-state index in [4.69, 9.17) is 16.3 Å². The molecule has 3 saturated heterocycles. The summed E-state index contributed by atoms with van der Waals surface area (Å²) in [7, 11) is 0. The third-order valence-corrected chi connectivity index (χ3v) is 8.01. The number of rotatable bonds is 7. The molecule has 5 rings (SSSR count). The molecule has 212 valence electrons. The van der Waals surface area contributed by atoms with Gasteiger partial charge >= 0.3 is 12.1 Å². The number of hydrogen-bond acceptors (Lipinski definition) is 8. The summed E-state index contributed by atoms with van der Waals surface area (Å²) in [5.41, 5.74) is 1.19. The number of ether oxygens (including phenoxy) is 2. The lowest BCUT2D eigenvalue weighted by molar-refractivity contribution is -0.204. The normalized spacial score (nSPS) is 25.6. The predicted octanol–water partition coefficient (Wildman–Crippen LogP) is 3.59. The lowest BCUT2D eigenvalue weighted by Gasteiger charge is -2.47. The zero-order valence-corrected chi connectivity index (χ0v) is 22.4.